The van der Waals surface area contributed by atoms with Crippen LogP contribution in [0.2, 0.25) is 0 Å². The third-order valence-electron chi connectivity index (χ3n) is 1.47. The first kappa shape index (κ1) is 13.3. The highest BCUT2D eigenvalue weighted by Crippen LogP contribution is 2.08. The van der Waals surface area contributed by atoms with E-state index < -0.39 is 6.09 Å². The number of anilines is 1. The second-order valence-electron chi connectivity index (χ2n) is 2.51. The van der Waals surface area contributed by atoms with Crippen LogP contribution in [-0.4, -0.2) is 17.7 Å². The fourth-order valence-electron chi connectivity index (χ4n) is 0.913. The number of amides is 1. The summed E-state index contributed by atoms with van der Waals surface area (Å²) in [6.45, 7) is 0.315. The molecule has 5 heteroatoms. The fraction of sp³-hybridized carbons (Fsp3) is 0.100. The Morgan fingerprint density at radius 1 is 1.40 bits per heavy atom. The third kappa shape index (κ3) is 4.91. The summed E-state index contributed by atoms with van der Waals surface area (Å²) in [5.74, 6) is 5.54. The summed E-state index contributed by atoms with van der Waals surface area (Å²) in [7, 11) is 0. The highest BCUT2D eigenvalue weighted by atomic mass is 35.5. The van der Waals surface area contributed by atoms with Crippen molar-refractivity contribution in [1.82, 2.24) is 0 Å². The molecular formula is C10H11ClN2O2. The average Bonchev–Trinajstić information content (AvgIpc) is 2.16. The van der Waals surface area contributed by atoms with Gasteiger partial charge in [0.25, 0.3) is 0 Å². The summed E-state index contributed by atoms with van der Waals surface area (Å²) < 4.78 is 0. The van der Waals surface area contributed by atoms with Crippen molar-refractivity contribution in [2.24, 2.45) is 5.73 Å². The minimum Gasteiger partial charge on any atom is -0.465 e. The van der Waals surface area contributed by atoms with Gasteiger partial charge in [-0.1, -0.05) is 11.8 Å². The van der Waals surface area contributed by atoms with Gasteiger partial charge in [0.1, 0.15) is 0 Å². The molecular weight excluding hydrogens is 216 g/mol. The Balaban J connectivity index is 0.00000196. The van der Waals surface area contributed by atoms with Gasteiger partial charge in [0.05, 0.1) is 6.54 Å². The molecule has 1 amide bonds. The van der Waals surface area contributed by atoms with Crippen molar-refractivity contribution in [3.63, 3.8) is 0 Å². The molecule has 0 bridgehead atoms. The van der Waals surface area contributed by atoms with Gasteiger partial charge < -0.3 is 10.8 Å². The highest BCUT2D eigenvalue weighted by Gasteiger charge is 1.95. The lowest BCUT2D eigenvalue weighted by Crippen LogP contribution is -2.06. The lowest BCUT2D eigenvalue weighted by molar-refractivity contribution is 0.210. The maximum absolute atomic E-state index is 10.3. The Morgan fingerprint density at radius 3 is 2.47 bits per heavy atom. The number of rotatable bonds is 1. The van der Waals surface area contributed by atoms with Gasteiger partial charge in [0, 0.05) is 11.3 Å². The van der Waals surface area contributed by atoms with Crippen molar-refractivity contribution in [1.29, 1.82) is 0 Å². The normalized spacial score (nSPS) is 8.07. The Bertz CT molecular complexity index is 379. The number of halogens is 1. The maximum Gasteiger partial charge on any atom is 0.409 e. The Kier molecular flexibility index (Phi) is 5.95. The summed E-state index contributed by atoms with van der Waals surface area (Å²) in [5.41, 5.74) is 6.54. The summed E-state index contributed by atoms with van der Waals surface area (Å²) in [6.07, 6.45) is -1.08. The Labute approximate surface area is 93.9 Å². The minimum atomic E-state index is -1.08. The van der Waals surface area contributed by atoms with E-state index in [4.69, 9.17) is 10.8 Å². The van der Waals surface area contributed by atoms with Crippen molar-refractivity contribution < 1.29 is 9.90 Å². The van der Waals surface area contributed by atoms with Crippen LogP contribution in [0.3, 0.4) is 0 Å². The zero-order chi connectivity index (χ0) is 10.4. The van der Waals surface area contributed by atoms with Crippen LogP contribution in [-0.2, 0) is 0 Å². The molecule has 0 aliphatic heterocycles. The Hall–Kier alpha value is -1.70. The first-order chi connectivity index (χ1) is 6.72. The third-order valence-corrected chi connectivity index (χ3v) is 1.47. The standard InChI is InChI=1S/C10H10N2O2.ClH/c11-7-1-2-8-3-5-9(6-4-8)12-10(13)14;/h3-6,12H,7,11H2,(H,13,14);1H. The molecule has 0 fully saturated rings. The number of benzene rings is 1. The van der Waals surface area contributed by atoms with Gasteiger partial charge in [-0.15, -0.1) is 12.4 Å². The molecule has 0 atom stereocenters. The molecule has 0 aliphatic rings. The van der Waals surface area contributed by atoms with Crippen molar-refractivity contribution in [3.8, 4) is 11.8 Å². The van der Waals surface area contributed by atoms with Gasteiger partial charge in [-0.05, 0) is 24.3 Å². The van der Waals surface area contributed by atoms with Crippen LogP contribution in [0.15, 0.2) is 24.3 Å². The van der Waals surface area contributed by atoms with E-state index in [1.54, 1.807) is 24.3 Å². The largest absolute Gasteiger partial charge is 0.465 e. The SMILES string of the molecule is Cl.NCC#Cc1ccc(NC(=O)O)cc1. The number of hydrogen-bond acceptors (Lipinski definition) is 2. The van der Waals surface area contributed by atoms with Crippen molar-refractivity contribution in [2.75, 3.05) is 11.9 Å². The lowest BCUT2D eigenvalue weighted by atomic mass is 10.2. The van der Waals surface area contributed by atoms with Crippen molar-refractivity contribution >= 4 is 24.2 Å². The van der Waals surface area contributed by atoms with Gasteiger partial charge in [0.15, 0.2) is 0 Å². The number of hydrogen-bond donors (Lipinski definition) is 3. The van der Waals surface area contributed by atoms with Gasteiger partial charge in [-0.25, -0.2) is 4.79 Å². The van der Waals surface area contributed by atoms with E-state index in [2.05, 4.69) is 17.2 Å². The van der Waals surface area contributed by atoms with E-state index in [1.165, 1.54) is 0 Å². The summed E-state index contributed by atoms with van der Waals surface area (Å²) in [5, 5.41) is 10.7. The monoisotopic (exact) mass is 226 g/mol. The molecule has 4 nitrogen and oxygen atoms in total. The maximum atomic E-state index is 10.3. The van der Waals surface area contributed by atoms with E-state index in [9.17, 15) is 4.79 Å². The quantitative estimate of drug-likeness (QED) is 0.636. The molecule has 15 heavy (non-hydrogen) atoms. The van der Waals surface area contributed by atoms with Crippen LogP contribution >= 0.6 is 12.4 Å². The number of nitrogens with one attached hydrogen (secondary N) is 1. The summed E-state index contributed by atoms with van der Waals surface area (Å²) >= 11 is 0. The molecule has 0 saturated heterocycles. The first-order valence-electron chi connectivity index (χ1n) is 4.01. The second-order valence-corrected chi connectivity index (χ2v) is 2.51. The molecule has 1 rings (SSSR count). The van der Waals surface area contributed by atoms with Gasteiger partial charge in [-0.2, -0.15) is 0 Å². The predicted octanol–water partition coefficient (Wildman–Crippen LogP) is 1.51. The van der Waals surface area contributed by atoms with Crippen LogP contribution in [0.1, 0.15) is 5.56 Å². The van der Waals surface area contributed by atoms with Crippen molar-refractivity contribution in [2.45, 2.75) is 0 Å². The van der Waals surface area contributed by atoms with Crippen molar-refractivity contribution in [3.05, 3.63) is 29.8 Å². The summed E-state index contributed by atoms with van der Waals surface area (Å²) in [4.78, 5) is 10.3. The smallest absolute Gasteiger partial charge is 0.409 e. The second kappa shape index (κ2) is 6.71. The molecule has 0 heterocycles. The van der Waals surface area contributed by atoms with Crippen LogP contribution in [0, 0.1) is 11.8 Å². The van der Waals surface area contributed by atoms with E-state index in [0.717, 1.165) is 5.56 Å². The van der Waals surface area contributed by atoms with Gasteiger partial charge in [-0.3, -0.25) is 5.32 Å². The molecule has 80 valence electrons. The summed E-state index contributed by atoms with van der Waals surface area (Å²) in [6, 6.07) is 6.76. The van der Waals surface area contributed by atoms with E-state index in [0.29, 0.717) is 12.2 Å². The van der Waals surface area contributed by atoms with Crippen LogP contribution in [0.4, 0.5) is 10.5 Å². The lowest BCUT2D eigenvalue weighted by Gasteiger charge is -1.99. The number of nitrogens with two attached hydrogens (primary N) is 1. The van der Waals surface area contributed by atoms with E-state index in [-0.39, 0.29) is 12.4 Å². The molecule has 0 unspecified atom stereocenters. The molecule has 0 radical (unpaired) electrons. The van der Waals surface area contributed by atoms with Crippen LogP contribution < -0.4 is 11.1 Å². The van der Waals surface area contributed by atoms with Gasteiger partial charge in [0.2, 0.25) is 0 Å². The molecule has 4 N–H and O–H groups in total. The number of carboxylic acid groups (broad SMARTS) is 1. The zero-order valence-corrected chi connectivity index (χ0v) is 8.67. The topological polar surface area (TPSA) is 75.3 Å². The average molecular weight is 227 g/mol. The molecule has 1 aromatic rings. The highest BCUT2D eigenvalue weighted by molar-refractivity contribution is 5.85. The predicted molar refractivity (Wildman–Crippen MR) is 61.3 cm³/mol. The molecule has 0 aliphatic carbocycles. The van der Waals surface area contributed by atoms with E-state index in [1.807, 2.05) is 0 Å². The van der Waals surface area contributed by atoms with E-state index >= 15 is 0 Å². The fourth-order valence-corrected chi connectivity index (χ4v) is 0.913. The van der Waals surface area contributed by atoms with Crippen LogP contribution in [0.5, 0.6) is 0 Å². The minimum absolute atomic E-state index is 0. The molecule has 0 saturated carbocycles. The Morgan fingerprint density at radius 2 is 2.00 bits per heavy atom. The molecule has 0 aromatic heterocycles. The number of carbonyl (C=O) groups is 1. The zero-order valence-electron chi connectivity index (χ0n) is 7.86. The molecule has 0 spiro atoms. The van der Waals surface area contributed by atoms with Crippen LogP contribution in [0.25, 0.3) is 0 Å². The van der Waals surface area contributed by atoms with Gasteiger partial charge >= 0.3 is 6.09 Å². The molecule has 1 aromatic carbocycles. The first-order valence-corrected chi connectivity index (χ1v) is 4.01.